The van der Waals surface area contributed by atoms with Crippen molar-refractivity contribution in [3.63, 3.8) is 0 Å². The second-order valence-corrected chi connectivity index (χ2v) is 7.96. The van der Waals surface area contributed by atoms with Crippen molar-refractivity contribution in [2.24, 2.45) is 7.05 Å². The SMILES string of the molecule is Cc1nn(C)cc1-c1cnc2c(c1)CN(c1ncnc3scc(C)c13)CC2. The molecule has 0 spiro atoms. The third-order valence-electron chi connectivity index (χ3n) is 5.20. The molecule has 27 heavy (non-hydrogen) atoms. The Morgan fingerprint density at radius 2 is 2.04 bits per heavy atom. The van der Waals surface area contributed by atoms with Crippen LogP contribution in [0.25, 0.3) is 21.3 Å². The van der Waals surface area contributed by atoms with Crippen LogP contribution in [0.3, 0.4) is 0 Å². The maximum Gasteiger partial charge on any atom is 0.141 e. The van der Waals surface area contributed by atoms with E-state index in [0.29, 0.717) is 0 Å². The first-order valence-electron chi connectivity index (χ1n) is 9.02. The lowest BCUT2D eigenvalue weighted by Gasteiger charge is -2.30. The molecule has 4 aromatic rings. The molecular weight excluding hydrogens is 356 g/mol. The van der Waals surface area contributed by atoms with Crippen LogP contribution in [-0.2, 0) is 20.0 Å². The highest BCUT2D eigenvalue weighted by Gasteiger charge is 2.22. The molecule has 7 heteroatoms. The number of hydrogen-bond donors (Lipinski definition) is 0. The molecular formula is C20H20N6S. The molecule has 0 unspecified atom stereocenters. The molecule has 0 saturated carbocycles. The Balaban J connectivity index is 1.54. The molecule has 0 N–H and O–H groups in total. The van der Waals surface area contributed by atoms with E-state index in [0.717, 1.165) is 47.0 Å². The first-order chi connectivity index (χ1) is 13.1. The van der Waals surface area contributed by atoms with Crippen LogP contribution in [-0.4, -0.2) is 31.3 Å². The number of nitrogens with zero attached hydrogens (tertiary/aromatic N) is 6. The highest BCUT2D eigenvalue weighted by atomic mass is 32.1. The van der Waals surface area contributed by atoms with Gasteiger partial charge >= 0.3 is 0 Å². The summed E-state index contributed by atoms with van der Waals surface area (Å²) in [4.78, 5) is 17.2. The van der Waals surface area contributed by atoms with E-state index < -0.39 is 0 Å². The minimum Gasteiger partial charge on any atom is -0.351 e. The lowest BCUT2D eigenvalue weighted by atomic mass is 10.0. The van der Waals surface area contributed by atoms with E-state index in [9.17, 15) is 0 Å². The summed E-state index contributed by atoms with van der Waals surface area (Å²) in [7, 11) is 1.95. The van der Waals surface area contributed by atoms with Crippen molar-refractivity contribution in [2.75, 3.05) is 11.4 Å². The summed E-state index contributed by atoms with van der Waals surface area (Å²) in [6.07, 6.45) is 6.64. The van der Waals surface area contributed by atoms with Gasteiger partial charge in [0, 0.05) is 55.8 Å². The Morgan fingerprint density at radius 1 is 1.15 bits per heavy atom. The van der Waals surface area contributed by atoms with E-state index in [1.54, 1.807) is 17.7 Å². The highest BCUT2D eigenvalue weighted by molar-refractivity contribution is 7.17. The average molecular weight is 376 g/mol. The topological polar surface area (TPSA) is 59.7 Å². The zero-order valence-electron chi connectivity index (χ0n) is 15.6. The van der Waals surface area contributed by atoms with Crippen LogP contribution in [0.5, 0.6) is 0 Å². The predicted molar refractivity (Wildman–Crippen MR) is 108 cm³/mol. The Bertz CT molecular complexity index is 1160. The first-order valence-corrected chi connectivity index (χ1v) is 9.90. The first kappa shape index (κ1) is 16.4. The fraction of sp³-hybridized carbons (Fsp3) is 0.300. The van der Waals surface area contributed by atoms with Gasteiger partial charge in [-0.2, -0.15) is 5.10 Å². The van der Waals surface area contributed by atoms with Gasteiger partial charge in [-0.1, -0.05) is 0 Å². The van der Waals surface area contributed by atoms with E-state index in [1.807, 2.05) is 24.9 Å². The van der Waals surface area contributed by atoms with Gasteiger partial charge in [0.05, 0.1) is 11.1 Å². The molecule has 6 nitrogen and oxygen atoms in total. The largest absolute Gasteiger partial charge is 0.351 e. The maximum atomic E-state index is 4.75. The fourth-order valence-electron chi connectivity index (χ4n) is 3.88. The van der Waals surface area contributed by atoms with Gasteiger partial charge < -0.3 is 4.90 Å². The monoisotopic (exact) mass is 376 g/mol. The summed E-state index contributed by atoms with van der Waals surface area (Å²) in [5, 5.41) is 7.80. The van der Waals surface area contributed by atoms with Gasteiger partial charge in [-0.25, -0.2) is 9.97 Å². The van der Waals surface area contributed by atoms with Crippen molar-refractivity contribution in [1.82, 2.24) is 24.7 Å². The molecule has 5 heterocycles. The lowest BCUT2D eigenvalue weighted by molar-refractivity contribution is 0.705. The van der Waals surface area contributed by atoms with E-state index in [4.69, 9.17) is 4.98 Å². The smallest absolute Gasteiger partial charge is 0.141 e. The standard InChI is InChI=1S/C20H20N6S/c1-12-10-27-20-18(12)19(22-11-23-20)26-5-4-17-15(8-26)6-14(7-21-17)16-9-25(3)24-13(16)2/h6-7,9-11H,4-5,8H2,1-3H3. The molecule has 0 aromatic carbocycles. The molecule has 0 radical (unpaired) electrons. The van der Waals surface area contributed by atoms with Crippen LogP contribution < -0.4 is 4.90 Å². The second kappa shape index (κ2) is 6.13. The molecule has 0 aliphatic carbocycles. The molecule has 0 atom stereocenters. The number of anilines is 1. The van der Waals surface area contributed by atoms with Crippen LogP contribution in [0.2, 0.25) is 0 Å². The molecule has 4 aromatic heterocycles. The molecule has 136 valence electrons. The predicted octanol–water partition coefficient (Wildman–Crippen LogP) is 3.67. The van der Waals surface area contributed by atoms with Crippen LogP contribution >= 0.6 is 11.3 Å². The molecule has 0 saturated heterocycles. The van der Waals surface area contributed by atoms with Crippen molar-refractivity contribution < 1.29 is 0 Å². The summed E-state index contributed by atoms with van der Waals surface area (Å²) < 4.78 is 1.85. The highest BCUT2D eigenvalue weighted by Crippen LogP contribution is 2.34. The minimum atomic E-state index is 0.816. The van der Waals surface area contributed by atoms with Crippen molar-refractivity contribution in [3.05, 3.63) is 52.7 Å². The van der Waals surface area contributed by atoms with Gasteiger partial charge in [-0.05, 0) is 36.4 Å². The van der Waals surface area contributed by atoms with Gasteiger partial charge in [0.2, 0.25) is 0 Å². The summed E-state index contributed by atoms with van der Waals surface area (Å²) >= 11 is 1.68. The molecule has 5 rings (SSSR count). The number of pyridine rings is 1. The average Bonchev–Trinajstić information content (AvgIpc) is 3.22. The lowest BCUT2D eigenvalue weighted by Crippen LogP contribution is -2.31. The quantitative estimate of drug-likeness (QED) is 0.534. The zero-order chi connectivity index (χ0) is 18.5. The Hall–Kier alpha value is -2.80. The van der Waals surface area contributed by atoms with Gasteiger partial charge in [0.25, 0.3) is 0 Å². The number of aromatic nitrogens is 5. The minimum absolute atomic E-state index is 0.816. The van der Waals surface area contributed by atoms with Gasteiger partial charge in [-0.3, -0.25) is 9.67 Å². The van der Waals surface area contributed by atoms with Gasteiger partial charge in [0.15, 0.2) is 0 Å². The Labute approximate surface area is 161 Å². The molecule has 1 aliphatic rings. The van der Waals surface area contributed by atoms with Crippen molar-refractivity contribution in [2.45, 2.75) is 26.8 Å². The fourth-order valence-corrected chi connectivity index (χ4v) is 4.76. The van der Waals surface area contributed by atoms with Crippen LogP contribution in [0, 0.1) is 13.8 Å². The van der Waals surface area contributed by atoms with Crippen LogP contribution in [0.4, 0.5) is 5.82 Å². The summed E-state index contributed by atoms with van der Waals surface area (Å²) in [6, 6.07) is 2.26. The molecule has 0 bridgehead atoms. The van der Waals surface area contributed by atoms with Gasteiger partial charge in [0.1, 0.15) is 17.0 Å². The van der Waals surface area contributed by atoms with E-state index in [1.165, 1.54) is 22.2 Å². The zero-order valence-corrected chi connectivity index (χ0v) is 16.4. The summed E-state index contributed by atoms with van der Waals surface area (Å²) in [5.41, 5.74) is 6.99. The van der Waals surface area contributed by atoms with E-state index in [-0.39, 0.29) is 0 Å². The summed E-state index contributed by atoms with van der Waals surface area (Å²) in [6.45, 7) is 5.91. The molecule has 1 aliphatic heterocycles. The van der Waals surface area contributed by atoms with Crippen molar-refractivity contribution in [1.29, 1.82) is 0 Å². The second-order valence-electron chi connectivity index (χ2n) is 7.10. The van der Waals surface area contributed by atoms with Crippen LogP contribution in [0.1, 0.15) is 22.5 Å². The van der Waals surface area contributed by atoms with Crippen molar-refractivity contribution >= 4 is 27.4 Å². The Kier molecular flexibility index (Phi) is 3.72. The number of thiophene rings is 1. The third-order valence-corrected chi connectivity index (χ3v) is 6.20. The number of aryl methyl sites for hydroxylation is 3. The number of fused-ring (bicyclic) bond motifs is 2. The number of rotatable bonds is 2. The van der Waals surface area contributed by atoms with Crippen molar-refractivity contribution in [3.8, 4) is 11.1 Å². The van der Waals surface area contributed by atoms with E-state index in [2.05, 4.69) is 44.5 Å². The van der Waals surface area contributed by atoms with E-state index >= 15 is 0 Å². The molecule has 0 fully saturated rings. The number of hydrogen-bond acceptors (Lipinski definition) is 6. The summed E-state index contributed by atoms with van der Waals surface area (Å²) in [5.74, 6) is 1.03. The van der Waals surface area contributed by atoms with Gasteiger partial charge in [-0.15, -0.1) is 11.3 Å². The van der Waals surface area contributed by atoms with Crippen LogP contribution in [0.15, 0.2) is 30.2 Å². The third kappa shape index (κ3) is 2.70. The Morgan fingerprint density at radius 3 is 2.85 bits per heavy atom. The molecule has 0 amide bonds. The normalized spacial score (nSPS) is 14.0. The maximum absolute atomic E-state index is 4.75.